The lowest BCUT2D eigenvalue weighted by Gasteiger charge is -2.31. The molecule has 0 unspecified atom stereocenters. The molecule has 0 spiro atoms. The van der Waals surface area contributed by atoms with Gasteiger partial charge in [0.05, 0.1) is 16.7 Å². The number of carbonyl (C=O) groups is 1. The number of piperidine rings is 1. The van der Waals surface area contributed by atoms with E-state index in [0.717, 1.165) is 35.8 Å². The van der Waals surface area contributed by atoms with Crippen LogP contribution in [-0.4, -0.2) is 66.6 Å². The molecular formula is C22H27FN4O4S2. The Bertz CT molecular complexity index is 1150. The van der Waals surface area contributed by atoms with Gasteiger partial charge in [0.2, 0.25) is 0 Å². The van der Waals surface area contributed by atoms with E-state index in [1.165, 1.54) is 18.5 Å². The summed E-state index contributed by atoms with van der Waals surface area (Å²) in [7, 11) is -3.48. The molecule has 0 atom stereocenters. The van der Waals surface area contributed by atoms with Crippen molar-refractivity contribution >= 4 is 39.2 Å². The van der Waals surface area contributed by atoms with Crippen molar-refractivity contribution in [2.24, 2.45) is 0 Å². The van der Waals surface area contributed by atoms with Crippen LogP contribution >= 0.6 is 11.8 Å². The van der Waals surface area contributed by atoms with E-state index < -0.39 is 15.7 Å². The van der Waals surface area contributed by atoms with Crippen LogP contribution in [0.5, 0.6) is 0 Å². The van der Waals surface area contributed by atoms with E-state index in [0.29, 0.717) is 42.8 Å². The summed E-state index contributed by atoms with van der Waals surface area (Å²) in [6.45, 7) is 5.49. The Morgan fingerprint density at radius 1 is 1.21 bits per heavy atom. The predicted molar refractivity (Wildman–Crippen MR) is 124 cm³/mol. The fourth-order valence-electron chi connectivity index (χ4n) is 4.03. The number of nitrogens with zero attached hydrogens (tertiary/aromatic N) is 4. The minimum absolute atomic E-state index is 0.0503. The zero-order valence-electron chi connectivity index (χ0n) is 18.8. The molecule has 1 amide bonds. The predicted octanol–water partition coefficient (Wildman–Crippen LogP) is 3.81. The van der Waals surface area contributed by atoms with Gasteiger partial charge in [-0.2, -0.15) is 0 Å². The maximum Gasteiger partial charge on any atom is 0.410 e. The molecule has 33 heavy (non-hydrogen) atoms. The Morgan fingerprint density at radius 3 is 2.58 bits per heavy atom. The average Bonchev–Trinajstić information content (AvgIpc) is 3.18. The number of anilines is 2. The molecule has 3 heterocycles. The van der Waals surface area contributed by atoms with Crippen molar-refractivity contribution in [3.8, 4) is 0 Å². The highest BCUT2D eigenvalue weighted by atomic mass is 32.2. The number of aromatic nitrogens is 2. The number of thioether (sulfide) groups is 1. The molecule has 1 aromatic heterocycles. The van der Waals surface area contributed by atoms with E-state index in [2.05, 4.69) is 9.97 Å². The second-order valence-corrected chi connectivity index (χ2v) is 11.8. The lowest BCUT2D eigenvalue weighted by molar-refractivity contribution is 0.0717. The number of carbonyl (C=O) groups excluding carboxylic acids is 1. The molecule has 178 valence electrons. The standard InChI is InChI=1S/C22H27FN4O4S2/c1-14(2)31-22(28)26-9-6-15(7-10-26)32-21-17-8-11-27(20(17)24-13-25-21)19-5-4-16(12-18(19)23)33(3,29)30/h4-5,12-15H,6-11H2,1-3H3. The summed E-state index contributed by atoms with van der Waals surface area (Å²) >= 11 is 1.68. The fraction of sp³-hybridized carbons (Fsp3) is 0.500. The molecule has 2 aliphatic rings. The van der Waals surface area contributed by atoms with Gasteiger partial charge in [0.25, 0.3) is 0 Å². The van der Waals surface area contributed by atoms with Gasteiger partial charge in [-0.25, -0.2) is 27.6 Å². The van der Waals surface area contributed by atoms with E-state index in [1.54, 1.807) is 21.6 Å². The van der Waals surface area contributed by atoms with Gasteiger partial charge >= 0.3 is 6.09 Å². The summed E-state index contributed by atoms with van der Waals surface area (Å²) < 4.78 is 43.5. The zero-order chi connectivity index (χ0) is 23.8. The number of hydrogen-bond acceptors (Lipinski definition) is 8. The number of sulfone groups is 1. The van der Waals surface area contributed by atoms with Gasteiger partial charge in [-0.1, -0.05) is 0 Å². The number of benzene rings is 1. The van der Waals surface area contributed by atoms with Crippen molar-refractivity contribution in [1.82, 2.24) is 14.9 Å². The van der Waals surface area contributed by atoms with Crippen LogP contribution in [0.1, 0.15) is 32.3 Å². The molecule has 0 aliphatic carbocycles. The Balaban J connectivity index is 1.47. The third kappa shape index (κ3) is 5.24. The SMILES string of the molecule is CC(C)OC(=O)N1CCC(Sc2ncnc3c2CCN3c2ccc(S(C)(=O)=O)cc2F)CC1. The van der Waals surface area contributed by atoms with E-state index >= 15 is 0 Å². The summed E-state index contributed by atoms with van der Waals surface area (Å²) in [5, 5.41) is 1.19. The van der Waals surface area contributed by atoms with Crippen molar-refractivity contribution in [1.29, 1.82) is 0 Å². The number of rotatable bonds is 5. The Kier molecular flexibility index (Phi) is 6.81. The number of fused-ring (bicyclic) bond motifs is 1. The molecule has 11 heteroatoms. The van der Waals surface area contributed by atoms with Gasteiger partial charge in [0, 0.05) is 36.7 Å². The summed E-state index contributed by atoms with van der Waals surface area (Å²) in [5.74, 6) is 0.0516. The smallest absolute Gasteiger partial charge is 0.410 e. The summed E-state index contributed by atoms with van der Waals surface area (Å²) in [5.41, 5.74) is 1.27. The van der Waals surface area contributed by atoms with Crippen molar-refractivity contribution in [2.45, 2.75) is 54.4 Å². The van der Waals surface area contributed by atoms with Gasteiger partial charge in [0.1, 0.15) is 23.0 Å². The normalized spacial score (nSPS) is 16.9. The fourth-order valence-corrected chi connectivity index (χ4v) is 5.87. The maximum atomic E-state index is 14.8. The van der Waals surface area contributed by atoms with Crippen LogP contribution in [0.4, 0.5) is 20.7 Å². The largest absolute Gasteiger partial charge is 0.447 e. The average molecular weight is 495 g/mol. The Labute approximate surface area is 197 Å². The van der Waals surface area contributed by atoms with Crippen LogP contribution in [0.3, 0.4) is 0 Å². The first-order valence-corrected chi connectivity index (χ1v) is 13.6. The van der Waals surface area contributed by atoms with Crippen LogP contribution in [-0.2, 0) is 21.0 Å². The van der Waals surface area contributed by atoms with Gasteiger partial charge in [-0.05, 0) is 51.3 Å². The van der Waals surface area contributed by atoms with E-state index in [-0.39, 0.29) is 17.1 Å². The summed E-state index contributed by atoms with van der Waals surface area (Å²) in [6, 6.07) is 3.96. The molecule has 0 bridgehead atoms. The highest BCUT2D eigenvalue weighted by molar-refractivity contribution is 7.99. The topological polar surface area (TPSA) is 92.7 Å². The second-order valence-electron chi connectivity index (χ2n) is 8.50. The molecule has 1 fully saturated rings. The summed E-state index contributed by atoms with van der Waals surface area (Å²) in [4.78, 5) is 24.4. The van der Waals surface area contributed by atoms with Crippen molar-refractivity contribution < 1.29 is 22.3 Å². The van der Waals surface area contributed by atoms with Gasteiger partial charge in [-0.3, -0.25) is 0 Å². The lowest BCUT2D eigenvalue weighted by atomic mass is 10.1. The third-order valence-electron chi connectivity index (χ3n) is 5.68. The number of likely N-dealkylation sites (tertiary alicyclic amines) is 1. The molecule has 2 aliphatic heterocycles. The zero-order valence-corrected chi connectivity index (χ0v) is 20.5. The number of amides is 1. The number of ether oxygens (including phenoxy) is 1. The highest BCUT2D eigenvalue weighted by Gasteiger charge is 2.30. The monoisotopic (exact) mass is 494 g/mol. The van der Waals surface area contributed by atoms with Gasteiger partial charge in [0.15, 0.2) is 9.84 Å². The van der Waals surface area contributed by atoms with Gasteiger partial charge < -0.3 is 14.5 Å². The Morgan fingerprint density at radius 2 is 1.94 bits per heavy atom. The molecule has 1 saturated heterocycles. The molecule has 1 aromatic carbocycles. The van der Waals surface area contributed by atoms with Crippen LogP contribution in [0.15, 0.2) is 34.4 Å². The summed E-state index contributed by atoms with van der Waals surface area (Å²) in [6.07, 6.45) is 4.48. The minimum Gasteiger partial charge on any atom is -0.447 e. The van der Waals surface area contributed by atoms with Crippen molar-refractivity contribution in [2.75, 3.05) is 30.8 Å². The first kappa shape index (κ1) is 23.7. The minimum atomic E-state index is -3.48. The second kappa shape index (κ2) is 9.46. The molecular weight excluding hydrogens is 467 g/mol. The van der Waals surface area contributed by atoms with E-state index in [4.69, 9.17) is 4.74 Å². The van der Waals surface area contributed by atoms with Crippen LogP contribution in [0.25, 0.3) is 0 Å². The van der Waals surface area contributed by atoms with Crippen molar-refractivity contribution in [3.05, 3.63) is 35.9 Å². The lowest BCUT2D eigenvalue weighted by Crippen LogP contribution is -2.40. The van der Waals surface area contributed by atoms with Crippen LogP contribution < -0.4 is 4.90 Å². The maximum absolute atomic E-state index is 14.8. The molecule has 0 N–H and O–H groups in total. The first-order valence-electron chi connectivity index (χ1n) is 10.9. The van der Waals surface area contributed by atoms with Gasteiger partial charge in [-0.15, -0.1) is 11.8 Å². The van der Waals surface area contributed by atoms with Crippen LogP contribution in [0, 0.1) is 5.82 Å². The molecule has 2 aromatic rings. The number of hydrogen-bond donors (Lipinski definition) is 0. The van der Waals surface area contributed by atoms with Crippen LogP contribution in [0.2, 0.25) is 0 Å². The molecule has 0 saturated carbocycles. The Hall–Kier alpha value is -2.40. The van der Waals surface area contributed by atoms with E-state index in [1.807, 2.05) is 13.8 Å². The number of halogens is 1. The van der Waals surface area contributed by atoms with E-state index in [9.17, 15) is 17.6 Å². The molecule has 4 rings (SSSR count). The quantitative estimate of drug-likeness (QED) is 0.580. The first-order chi connectivity index (χ1) is 15.6. The third-order valence-corrected chi connectivity index (χ3v) is 8.17. The van der Waals surface area contributed by atoms with Crippen molar-refractivity contribution in [3.63, 3.8) is 0 Å². The molecule has 8 nitrogen and oxygen atoms in total. The molecule has 0 radical (unpaired) electrons. The highest BCUT2D eigenvalue weighted by Crippen LogP contribution is 2.40.